The van der Waals surface area contributed by atoms with E-state index < -0.39 is 11.6 Å². The summed E-state index contributed by atoms with van der Waals surface area (Å²) in [6.45, 7) is 5.12. The first-order valence-corrected chi connectivity index (χ1v) is 11.9. The molecule has 2 aromatic rings. The minimum atomic E-state index is -0.691. The Morgan fingerprint density at radius 3 is 2.68 bits per heavy atom. The van der Waals surface area contributed by atoms with E-state index in [2.05, 4.69) is 10.2 Å². The van der Waals surface area contributed by atoms with Crippen molar-refractivity contribution in [2.75, 3.05) is 48.0 Å². The number of rotatable bonds is 6. The van der Waals surface area contributed by atoms with Crippen molar-refractivity contribution in [1.82, 2.24) is 9.97 Å². The first-order valence-electron chi connectivity index (χ1n) is 11.9. The summed E-state index contributed by atoms with van der Waals surface area (Å²) in [5.41, 5.74) is 0.830. The van der Waals surface area contributed by atoms with Crippen LogP contribution in [0.15, 0.2) is 18.2 Å². The smallest absolute Gasteiger partial charge is 0.228 e. The van der Waals surface area contributed by atoms with Crippen molar-refractivity contribution in [3.63, 3.8) is 0 Å². The Bertz CT molecular complexity index is 1060. The second-order valence-corrected chi connectivity index (χ2v) is 8.89. The Morgan fingerprint density at radius 1 is 1.15 bits per heavy atom. The maximum absolute atomic E-state index is 14.0. The molecule has 3 aliphatic heterocycles. The number of halogens is 2. The molecule has 0 spiro atoms. The summed E-state index contributed by atoms with van der Waals surface area (Å²) in [4.78, 5) is 26.1. The van der Waals surface area contributed by atoms with Gasteiger partial charge in [0.05, 0.1) is 18.3 Å². The highest BCUT2D eigenvalue weighted by Gasteiger charge is 2.31. The zero-order valence-electron chi connectivity index (χ0n) is 19.2. The highest BCUT2D eigenvalue weighted by Crippen LogP contribution is 2.34. The first kappa shape index (κ1) is 22.8. The van der Waals surface area contributed by atoms with Gasteiger partial charge in [-0.3, -0.25) is 9.69 Å². The van der Waals surface area contributed by atoms with Gasteiger partial charge in [-0.15, -0.1) is 0 Å². The normalized spacial score (nSPS) is 21.0. The second kappa shape index (κ2) is 9.69. The van der Waals surface area contributed by atoms with E-state index in [1.54, 1.807) is 4.90 Å². The molecule has 8 nitrogen and oxygen atoms in total. The zero-order valence-corrected chi connectivity index (χ0v) is 19.2. The number of ether oxygens (including phenoxy) is 2. The third kappa shape index (κ3) is 4.64. The van der Waals surface area contributed by atoms with Crippen molar-refractivity contribution in [2.24, 2.45) is 0 Å². The number of carbonyl (C=O) groups is 1. The van der Waals surface area contributed by atoms with Crippen molar-refractivity contribution in [1.29, 1.82) is 0 Å². The Kier molecular flexibility index (Phi) is 6.49. The molecule has 2 fully saturated rings. The lowest BCUT2D eigenvalue weighted by Crippen LogP contribution is -2.41. The molecule has 34 heavy (non-hydrogen) atoms. The topological polar surface area (TPSA) is 79.8 Å². The predicted molar refractivity (Wildman–Crippen MR) is 123 cm³/mol. The summed E-state index contributed by atoms with van der Waals surface area (Å²) in [6.07, 6.45) is 3.04. The van der Waals surface area contributed by atoms with E-state index >= 15 is 0 Å². The average Bonchev–Trinajstić information content (AvgIpc) is 3.34. The number of hydrogen-bond donors (Lipinski definition) is 1. The summed E-state index contributed by atoms with van der Waals surface area (Å²) in [7, 11) is 0. The molecule has 0 unspecified atom stereocenters. The van der Waals surface area contributed by atoms with Gasteiger partial charge < -0.3 is 19.7 Å². The summed E-state index contributed by atoms with van der Waals surface area (Å²) in [6, 6.07) is 3.51. The van der Waals surface area contributed by atoms with Gasteiger partial charge in [0, 0.05) is 58.0 Å². The lowest BCUT2D eigenvalue weighted by molar-refractivity contribution is -0.118. The van der Waals surface area contributed by atoms with Crippen LogP contribution in [0.4, 0.5) is 26.2 Å². The quantitative estimate of drug-likeness (QED) is 0.690. The van der Waals surface area contributed by atoms with E-state index in [1.165, 1.54) is 12.1 Å². The van der Waals surface area contributed by atoms with Crippen LogP contribution in [0.25, 0.3) is 0 Å². The Labute approximate surface area is 197 Å². The molecule has 5 rings (SSSR count). The molecule has 182 valence electrons. The molecule has 0 bridgehead atoms. The standard InChI is InChI=1S/C24H29F2N5O3/c1-2-31-21(32)6-4-19-23(31)29-22(27-16-9-12-33-14-16)24(28-19)30-10-7-17(8-11-30)34-20-5-3-15(25)13-18(20)26/h3,5,13,16-17H,2,4,6-12,14H2,1H3,(H,27,29)/t16-/m1/s1. The first-order chi connectivity index (χ1) is 16.5. The maximum atomic E-state index is 14.0. The van der Waals surface area contributed by atoms with Crippen molar-refractivity contribution in [3.8, 4) is 5.75 Å². The number of aromatic nitrogens is 2. The van der Waals surface area contributed by atoms with Crippen LogP contribution >= 0.6 is 0 Å². The number of anilines is 3. The summed E-state index contributed by atoms with van der Waals surface area (Å²) >= 11 is 0. The number of piperidine rings is 1. The highest BCUT2D eigenvalue weighted by atomic mass is 19.1. The number of benzene rings is 1. The maximum Gasteiger partial charge on any atom is 0.228 e. The van der Waals surface area contributed by atoms with Crippen LogP contribution in [0, 0.1) is 11.6 Å². The molecule has 1 aromatic heterocycles. The Hall–Kier alpha value is -3.01. The van der Waals surface area contributed by atoms with Crippen molar-refractivity contribution in [2.45, 2.75) is 51.2 Å². The lowest BCUT2D eigenvalue weighted by Gasteiger charge is -2.35. The number of nitrogens with one attached hydrogen (secondary N) is 1. The number of carbonyl (C=O) groups excluding carboxylic acids is 1. The molecule has 2 saturated heterocycles. The van der Waals surface area contributed by atoms with Gasteiger partial charge in [0.15, 0.2) is 29.0 Å². The minimum absolute atomic E-state index is 0.0678. The summed E-state index contributed by atoms with van der Waals surface area (Å²) in [5, 5.41) is 3.49. The Morgan fingerprint density at radius 2 is 1.97 bits per heavy atom. The fourth-order valence-corrected chi connectivity index (χ4v) is 4.73. The molecule has 1 N–H and O–H groups in total. The van der Waals surface area contributed by atoms with E-state index in [4.69, 9.17) is 19.4 Å². The van der Waals surface area contributed by atoms with Crippen LogP contribution in [-0.4, -0.2) is 60.9 Å². The fourth-order valence-electron chi connectivity index (χ4n) is 4.73. The predicted octanol–water partition coefficient (Wildman–Crippen LogP) is 3.30. The number of hydrogen-bond acceptors (Lipinski definition) is 7. The van der Waals surface area contributed by atoms with Crippen molar-refractivity contribution < 1.29 is 23.0 Å². The van der Waals surface area contributed by atoms with Gasteiger partial charge in [-0.2, -0.15) is 0 Å². The van der Waals surface area contributed by atoms with E-state index in [9.17, 15) is 13.6 Å². The van der Waals surface area contributed by atoms with Gasteiger partial charge in [-0.1, -0.05) is 0 Å². The highest BCUT2D eigenvalue weighted by molar-refractivity contribution is 5.95. The third-order valence-electron chi connectivity index (χ3n) is 6.58. The number of aryl methyl sites for hydroxylation is 1. The van der Waals surface area contributed by atoms with E-state index in [0.29, 0.717) is 70.2 Å². The van der Waals surface area contributed by atoms with Crippen LogP contribution in [0.1, 0.15) is 38.3 Å². The molecule has 4 heterocycles. The zero-order chi connectivity index (χ0) is 23.7. The van der Waals surface area contributed by atoms with Gasteiger partial charge in [0.1, 0.15) is 11.9 Å². The lowest BCUT2D eigenvalue weighted by atomic mass is 10.1. The molecule has 10 heteroatoms. The molecule has 1 aromatic carbocycles. The molecule has 3 aliphatic rings. The van der Waals surface area contributed by atoms with E-state index in [0.717, 1.165) is 24.0 Å². The SMILES string of the molecule is CCN1C(=O)CCc2nc(N3CCC(Oc4ccc(F)cc4F)CC3)c(N[C@@H]3CCOC3)nc21. The van der Waals surface area contributed by atoms with Gasteiger partial charge in [0.2, 0.25) is 5.91 Å². The fraction of sp³-hybridized carbons (Fsp3) is 0.542. The van der Waals surface area contributed by atoms with Crippen LogP contribution < -0.4 is 19.9 Å². The van der Waals surface area contributed by atoms with Gasteiger partial charge in [-0.25, -0.2) is 18.7 Å². The van der Waals surface area contributed by atoms with Crippen molar-refractivity contribution >= 4 is 23.4 Å². The molecule has 0 aliphatic carbocycles. The molecular formula is C24H29F2N5O3. The van der Waals surface area contributed by atoms with E-state index in [-0.39, 0.29) is 23.8 Å². The minimum Gasteiger partial charge on any atom is -0.487 e. The van der Waals surface area contributed by atoms with Crippen LogP contribution in [-0.2, 0) is 16.0 Å². The van der Waals surface area contributed by atoms with Crippen LogP contribution in [0.5, 0.6) is 5.75 Å². The van der Waals surface area contributed by atoms with E-state index in [1.807, 2.05) is 6.92 Å². The van der Waals surface area contributed by atoms with Crippen molar-refractivity contribution in [3.05, 3.63) is 35.5 Å². The number of fused-ring (bicyclic) bond motifs is 1. The van der Waals surface area contributed by atoms with Crippen LogP contribution in [0.3, 0.4) is 0 Å². The third-order valence-corrected chi connectivity index (χ3v) is 6.58. The molecule has 0 radical (unpaired) electrons. The number of nitrogens with zero attached hydrogens (tertiary/aromatic N) is 4. The largest absolute Gasteiger partial charge is 0.487 e. The summed E-state index contributed by atoms with van der Waals surface area (Å²) in [5.74, 6) is 0.882. The molecule has 1 amide bonds. The Balaban J connectivity index is 1.35. The summed E-state index contributed by atoms with van der Waals surface area (Å²) < 4.78 is 38.5. The van der Waals surface area contributed by atoms with Gasteiger partial charge in [0.25, 0.3) is 0 Å². The van der Waals surface area contributed by atoms with Gasteiger partial charge >= 0.3 is 0 Å². The van der Waals surface area contributed by atoms with Crippen LogP contribution in [0.2, 0.25) is 0 Å². The average molecular weight is 474 g/mol. The molecule has 0 saturated carbocycles. The van der Waals surface area contributed by atoms with Gasteiger partial charge in [-0.05, 0) is 25.5 Å². The second-order valence-electron chi connectivity index (χ2n) is 8.89. The number of amides is 1. The molecule has 1 atom stereocenters. The monoisotopic (exact) mass is 473 g/mol. The molecular weight excluding hydrogens is 444 g/mol.